The van der Waals surface area contributed by atoms with E-state index < -0.39 is 23.5 Å². The zero-order valence-electron chi connectivity index (χ0n) is 15.4. The van der Waals surface area contributed by atoms with Crippen LogP contribution in [0.4, 0.5) is 5.69 Å². The first kappa shape index (κ1) is 18.4. The molecule has 2 aromatic carbocycles. The third-order valence-electron chi connectivity index (χ3n) is 4.47. The van der Waals surface area contributed by atoms with Gasteiger partial charge in [-0.3, -0.25) is 14.4 Å². The zero-order valence-corrected chi connectivity index (χ0v) is 15.4. The molecule has 9 nitrogen and oxygen atoms in total. The monoisotopic (exact) mass is 392 g/mol. The van der Waals surface area contributed by atoms with Crippen molar-refractivity contribution in [2.45, 2.75) is 12.8 Å². The molecule has 2 amide bonds. The lowest BCUT2D eigenvalue weighted by Crippen LogP contribution is -2.55. The molecule has 1 aliphatic heterocycles. The number of ketones is 1. The highest BCUT2D eigenvalue weighted by Crippen LogP contribution is 2.34. The fraction of sp³-hybridized carbons (Fsp3) is 0.150. The van der Waals surface area contributed by atoms with Crippen LogP contribution in [-0.2, 0) is 14.4 Å². The summed E-state index contributed by atoms with van der Waals surface area (Å²) in [7, 11) is 0. The van der Waals surface area contributed by atoms with Crippen LogP contribution in [0.25, 0.3) is 11.1 Å². The van der Waals surface area contributed by atoms with E-state index in [4.69, 9.17) is 15.0 Å². The fourth-order valence-corrected chi connectivity index (χ4v) is 3.20. The molecule has 1 aromatic heterocycles. The Morgan fingerprint density at radius 1 is 1.10 bits per heavy atom. The Bertz CT molecular complexity index is 1130. The predicted molar refractivity (Wildman–Crippen MR) is 103 cm³/mol. The summed E-state index contributed by atoms with van der Waals surface area (Å²) in [6.07, 6.45) is 0. The average Bonchev–Trinajstić information content (AvgIpc) is 3.15. The Labute approximate surface area is 164 Å². The Kier molecular flexibility index (Phi) is 4.55. The Balaban J connectivity index is 1.80. The first-order chi connectivity index (χ1) is 14.1. The van der Waals surface area contributed by atoms with Gasteiger partial charge in [-0.1, -0.05) is 24.3 Å². The van der Waals surface area contributed by atoms with E-state index in [9.17, 15) is 14.4 Å². The van der Waals surface area contributed by atoms with Crippen molar-refractivity contribution in [2.24, 2.45) is 10.9 Å². The molecule has 4 rings (SSSR count). The van der Waals surface area contributed by atoms with E-state index in [0.29, 0.717) is 17.7 Å². The summed E-state index contributed by atoms with van der Waals surface area (Å²) >= 11 is 0. The van der Waals surface area contributed by atoms with Crippen LogP contribution in [0.5, 0.6) is 5.75 Å². The molecule has 146 valence electrons. The summed E-state index contributed by atoms with van der Waals surface area (Å²) in [4.78, 5) is 43.9. The normalized spacial score (nSPS) is 18.7. The van der Waals surface area contributed by atoms with Crippen molar-refractivity contribution in [3.05, 3.63) is 54.4 Å². The molecule has 1 saturated heterocycles. The minimum atomic E-state index is -1.41. The molecule has 2 N–H and O–H groups in total. The highest BCUT2D eigenvalue weighted by atomic mass is 16.5. The number of nitrogens with two attached hydrogens (primary N) is 1. The van der Waals surface area contributed by atoms with E-state index in [-0.39, 0.29) is 23.0 Å². The van der Waals surface area contributed by atoms with E-state index in [1.807, 2.05) is 0 Å². The van der Waals surface area contributed by atoms with Crippen LogP contribution < -0.4 is 15.5 Å². The largest absolute Gasteiger partial charge is 0.492 e. The number of oxazole rings is 1. The molecule has 0 saturated carbocycles. The number of anilines is 1. The topological polar surface area (TPSA) is 128 Å². The number of hydrogen-bond donors (Lipinski definition) is 1. The van der Waals surface area contributed by atoms with Gasteiger partial charge in [-0.05, 0) is 31.2 Å². The highest BCUT2D eigenvalue weighted by Gasteiger charge is 2.49. The van der Waals surface area contributed by atoms with Gasteiger partial charge < -0.3 is 15.0 Å². The van der Waals surface area contributed by atoms with Gasteiger partial charge in [0, 0.05) is 0 Å². The number of carbonyl (C=O) groups is 3. The number of aromatic nitrogens is 1. The Morgan fingerprint density at radius 2 is 1.83 bits per heavy atom. The lowest BCUT2D eigenvalue weighted by molar-refractivity contribution is -0.139. The summed E-state index contributed by atoms with van der Waals surface area (Å²) in [5, 5.41) is 3.50. The number of hydrogen-bond acceptors (Lipinski definition) is 8. The summed E-state index contributed by atoms with van der Waals surface area (Å²) in [5.74, 6) is 1.39. The second kappa shape index (κ2) is 7.19. The number of nitrogens with zero attached hydrogens (tertiary/aromatic N) is 3. The number of para-hydroxylation sites is 4. The molecule has 1 fully saturated rings. The molecule has 29 heavy (non-hydrogen) atoms. The maximum absolute atomic E-state index is 13.1. The molecule has 0 bridgehead atoms. The second-order valence-electron chi connectivity index (χ2n) is 6.18. The summed E-state index contributed by atoms with van der Waals surface area (Å²) < 4.78 is 11.1. The lowest BCUT2D eigenvalue weighted by atomic mass is 9.91. The van der Waals surface area contributed by atoms with Crippen molar-refractivity contribution in [2.75, 3.05) is 11.5 Å². The van der Waals surface area contributed by atoms with Crippen LogP contribution in [0.15, 0.2) is 58.0 Å². The third-order valence-corrected chi connectivity index (χ3v) is 4.47. The smallest absolute Gasteiger partial charge is 0.302 e. The van der Waals surface area contributed by atoms with Crippen LogP contribution in [-0.4, -0.2) is 34.9 Å². The van der Waals surface area contributed by atoms with Gasteiger partial charge in [0.2, 0.25) is 11.7 Å². The van der Waals surface area contributed by atoms with Crippen LogP contribution in [0.3, 0.4) is 0 Å². The molecule has 0 aliphatic carbocycles. The molecular weight excluding hydrogens is 376 g/mol. The van der Waals surface area contributed by atoms with E-state index >= 15 is 0 Å². The maximum Gasteiger partial charge on any atom is 0.302 e. The van der Waals surface area contributed by atoms with Gasteiger partial charge in [-0.25, -0.2) is 9.88 Å². The van der Waals surface area contributed by atoms with Gasteiger partial charge in [0.1, 0.15) is 17.0 Å². The van der Waals surface area contributed by atoms with Gasteiger partial charge in [0.25, 0.3) is 5.91 Å². The summed E-state index contributed by atoms with van der Waals surface area (Å²) in [5.41, 5.74) is 0.689. The van der Waals surface area contributed by atoms with Crippen molar-refractivity contribution in [1.29, 1.82) is 0 Å². The van der Waals surface area contributed by atoms with E-state index in [1.165, 1.54) is 6.07 Å². The molecule has 9 heteroatoms. The molecule has 0 spiro atoms. The lowest BCUT2D eigenvalue weighted by Gasteiger charge is -2.29. The van der Waals surface area contributed by atoms with Crippen LogP contribution >= 0.6 is 0 Å². The number of Topliss-reactive ketones (excluding diaryl/α,β-unsaturated/α-hetero) is 1. The maximum atomic E-state index is 13.1. The number of fused-ring (bicyclic) bond motifs is 1. The zero-order chi connectivity index (χ0) is 20.5. The summed E-state index contributed by atoms with van der Waals surface area (Å²) in [6, 6.07) is 13.2. The van der Waals surface area contributed by atoms with Gasteiger partial charge in [-0.2, -0.15) is 5.10 Å². The van der Waals surface area contributed by atoms with E-state index in [2.05, 4.69) is 10.1 Å². The number of amides is 2. The van der Waals surface area contributed by atoms with E-state index in [0.717, 1.165) is 4.90 Å². The standard InChI is InChI=1S/C20H16N4O5/c1-2-28-14-10-6-4-8-12(14)24-19(26)16(23-21)15(17(25)20(24)27)18-22-11-7-3-5-9-13(11)29-18/h3-10,15H,2,21H2,1H3/b23-16-. The van der Waals surface area contributed by atoms with Crippen molar-refractivity contribution in [1.82, 2.24) is 4.98 Å². The number of ether oxygens (including phenoxy) is 1. The van der Waals surface area contributed by atoms with Crippen molar-refractivity contribution in [3.8, 4) is 5.75 Å². The van der Waals surface area contributed by atoms with Crippen molar-refractivity contribution in [3.63, 3.8) is 0 Å². The quantitative estimate of drug-likeness (QED) is 0.310. The minimum absolute atomic E-state index is 0.111. The molecule has 1 atom stereocenters. The highest BCUT2D eigenvalue weighted by molar-refractivity contribution is 6.67. The molecule has 1 unspecified atom stereocenters. The molecule has 1 aliphatic rings. The molecule has 0 radical (unpaired) electrons. The fourth-order valence-electron chi connectivity index (χ4n) is 3.20. The number of carbonyl (C=O) groups excluding carboxylic acids is 3. The second-order valence-corrected chi connectivity index (χ2v) is 6.18. The van der Waals surface area contributed by atoms with Crippen molar-refractivity contribution < 1.29 is 23.5 Å². The third kappa shape index (κ3) is 2.92. The number of rotatable bonds is 4. The van der Waals surface area contributed by atoms with Gasteiger partial charge in [0.05, 0.1) is 12.3 Å². The van der Waals surface area contributed by atoms with Gasteiger partial charge in [0.15, 0.2) is 11.5 Å². The predicted octanol–water partition coefficient (Wildman–Crippen LogP) is 1.77. The molecule has 3 aromatic rings. The van der Waals surface area contributed by atoms with Crippen LogP contribution in [0, 0.1) is 0 Å². The van der Waals surface area contributed by atoms with Crippen LogP contribution in [0.2, 0.25) is 0 Å². The Hall–Kier alpha value is -4.01. The SMILES string of the molecule is CCOc1ccccc1N1C(=O)C(=O)C(c2nc3ccccc3o2)/C(=N/N)C1=O. The minimum Gasteiger partial charge on any atom is -0.492 e. The first-order valence-electron chi connectivity index (χ1n) is 8.84. The number of hydrazone groups is 1. The van der Waals surface area contributed by atoms with E-state index in [1.54, 1.807) is 49.4 Å². The summed E-state index contributed by atoms with van der Waals surface area (Å²) in [6.45, 7) is 2.07. The van der Waals surface area contributed by atoms with Crippen LogP contribution in [0.1, 0.15) is 18.7 Å². The van der Waals surface area contributed by atoms with Crippen molar-refractivity contribution >= 4 is 40.1 Å². The number of imide groups is 1. The molecular formula is C20H16N4O5. The number of benzene rings is 2. The average molecular weight is 392 g/mol. The Morgan fingerprint density at radius 3 is 2.55 bits per heavy atom. The first-order valence-corrected chi connectivity index (χ1v) is 8.84. The number of piperidine rings is 1. The molecule has 2 heterocycles. The van der Waals surface area contributed by atoms with Gasteiger partial charge in [-0.15, -0.1) is 0 Å². The van der Waals surface area contributed by atoms with Gasteiger partial charge >= 0.3 is 5.91 Å².